The first-order valence-electron chi connectivity index (χ1n) is 7.80. The Balaban J connectivity index is 1.82. The average Bonchev–Trinajstić information content (AvgIpc) is 3.33. The number of hydrogen-bond acceptors (Lipinski definition) is 4. The van der Waals surface area contributed by atoms with Gasteiger partial charge in [-0.3, -0.25) is 4.79 Å². The molecule has 0 bridgehead atoms. The number of amides is 1. The third-order valence-electron chi connectivity index (χ3n) is 3.82. The molecule has 0 aliphatic heterocycles. The number of aromatic nitrogens is 1. The van der Waals surface area contributed by atoms with Gasteiger partial charge in [0.15, 0.2) is 0 Å². The Kier molecular flexibility index (Phi) is 4.97. The van der Waals surface area contributed by atoms with E-state index < -0.39 is 6.10 Å². The number of H-pyrrole nitrogens is 1. The molecule has 3 aromatic rings. The molecule has 6 nitrogen and oxygen atoms in total. The van der Waals surface area contributed by atoms with Gasteiger partial charge < -0.3 is 19.4 Å². The van der Waals surface area contributed by atoms with Crippen molar-refractivity contribution in [3.63, 3.8) is 0 Å². The van der Waals surface area contributed by atoms with Crippen molar-refractivity contribution in [3.8, 4) is 6.07 Å². The SMILES string of the molecule is N#Cc1cc(C(=O)N(Cc2ccccc2)CC(O)c2ccco2)c[nH]1. The Morgan fingerprint density at radius 2 is 2.08 bits per heavy atom. The zero-order valence-corrected chi connectivity index (χ0v) is 13.4. The molecule has 0 saturated carbocycles. The predicted molar refractivity (Wildman–Crippen MR) is 90.4 cm³/mol. The minimum Gasteiger partial charge on any atom is -0.467 e. The number of aliphatic hydroxyl groups is 1. The van der Waals surface area contributed by atoms with Crippen LogP contribution in [0.1, 0.15) is 33.5 Å². The van der Waals surface area contributed by atoms with Gasteiger partial charge >= 0.3 is 0 Å². The van der Waals surface area contributed by atoms with Crippen molar-refractivity contribution in [2.75, 3.05) is 6.54 Å². The molecule has 3 rings (SSSR count). The number of benzene rings is 1. The summed E-state index contributed by atoms with van der Waals surface area (Å²) in [7, 11) is 0. The highest BCUT2D eigenvalue weighted by molar-refractivity contribution is 5.94. The van der Waals surface area contributed by atoms with Crippen LogP contribution in [-0.4, -0.2) is 27.4 Å². The summed E-state index contributed by atoms with van der Waals surface area (Å²) < 4.78 is 5.22. The minimum absolute atomic E-state index is 0.0777. The van der Waals surface area contributed by atoms with Gasteiger partial charge in [0.05, 0.1) is 18.4 Å². The molecule has 0 aliphatic carbocycles. The summed E-state index contributed by atoms with van der Waals surface area (Å²) >= 11 is 0. The van der Waals surface area contributed by atoms with Crippen LogP contribution in [0.3, 0.4) is 0 Å². The zero-order valence-electron chi connectivity index (χ0n) is 13.4. The van der Waals surface area contributed by atoms with Gasteiger partial charge in [-0.2, -0.15) is 5.26 Å². The molecular formula is C19H17N3O3. The van der Waals surface area contributed by atoms with Gasteiger partial charge in [0.2, 0.25) is 0 Å². The molecule has 0 aliphatic rings. The number of furan rings is 1. The summed E-state index contributed by atoms with van der Waals surface area (Å²) in [4.78, 5) is 17.1. The summed E-state index contributed by atoms with van der Waals surface area (Å²) in [6, 6.07) is 16.3. The van der Waals surface area contributed by atoms with Gasteiger partial charge in [0, 0.05) is 12.7 Å². The van der Waals surface area contributed by atoms with Crippen molar-refractivity contribution in [3.05, 3.63) is 83.6 Å². The third-order valence-corrected chi connectivity index (χ3v) is 3.82. The molecule has 1 amide bonds. The lowest BCUT2D eigenvalue weighted by molar-refractivity contribution is 0.0563. The van der Waals surface area contributed by atoms with Crippen LogP contribution in [0.5, 0.6) is 0 Å². The molecule has 1 atom stereocenters. The number of carbonyl (C=O) groups is 1. The Hall–Kier alpha value is -3.30. The molecule has 6 heteroatoms. The highest BCUT2D eigenvalue weighted by Crippen LogP contribution is 2.18. The third kappa shape index (κ3) is 3.97. The normalized spacial score (nSPS) is 11.7. The van der Waals surface area contributed by atoms with Crippen molar-refractivity contribution in [2.24, 2.45) is 0 Å². The second-order valence-corrected chi connectivity index (χ2v) is 5.62. The van der Waals surface area contributed by atoms with E-state index in [1.165, 1.54) is 23.4 Å². The molecule has 2 heterocycles. The first-order chi connectivity index (χ1) is 12.2. The van der Waals surface area contributed by atoms with E-state index in [4.69, 9.17) is 9.68 Å². The van der Waals surface area contributed by atoms with Crippen LogP contribution in [0.2, 0.25) is 0 Å². The van der Waals surface area contributed by atoms with Crippen LogP contribution in [0, 0.1) is 11.3 Å². The molecule has 0 radical (unpaired) electrons. The second kappa shape index (κ2) is 7.51. The van der Waals surface area contributed by atoms with E-state index in [-0.39, 0.29) is 12.5 Å². The maximum atomic E-state index is 12.8. The lowest BCUT2D eigenvalue weighted by Gasteiger charge is -2.24. The fraction of sp³-hybridized carbons (Fsp3) is 0.158. The second-order valence-electron chi connectivity index (χ2n) is 5.62. The van der Waals surface area contributed by atoms with Crippen LogP contribution in [0.4, 0.5) is 0 Å². The standard InChI is InChI=1S/C19H17N3O3/c20-10-16-9-15(11-21-16)19(24)22(12-14-5-2-1-3-6-14)13-17(23)18-7-4-8-25-18/h1-9,11,17,21,23H,12-13H2. The van der Waals surface area contributed by atoms with Gasteiger partial charge in [-0.05, 0) is 23.8 Å². The number of rotatable bonds is 6. The summed E-state index contributed by atoms with van der Waals surface area (Å²) in [6.07, 6.45) is 2.04. The number of hydrogen-bond donors (Lipinski definition) is 2. The Morgan fingerprint density at radius 3 is 2.72 bits per heavy atom. The van der Waals surface area contributed by atoms with Crippen molar-refractivity contribution in [2.45, 2.75) is 12.6 Å². The monoisotopic (exact) mass is 335 g/mol. The van der Waals surface area contributed by atoms with E-state index in [2.05, 4.69) is 4.98 Å². The van der Waals surface area contributed by atoms with Crippen molar-refractivity contribution in [1.82, 2.24) is 9.88 Å². The maximum Gasteiger partial charge on any atom is 0.255 e. The molecule has 0 fully saturated rings. The molecule has 0 saturated heterocycles. The lowest BCUT2D eigenvalue weighted by Crippen LogP contribution is -2.34. The molecule has 1 aromatic carbocycles. The average molecular weight is 335 g/mol. The van der Waals surface area contributed by atoms with E-state index in [9.17, 15) is 9.90 Å². The number of aromatic amines is 1. The highest BCUT2D eigenvalue weighted by atomic mass is 16.4. The number of nitrogens with one attached hydrogen (secondary N) is 1. The smallest absolute Gasteiger partial charge is 0.255 e. The van der Waals surface area contributed by atoms with Crippen molar-refractivity contribution >= 4 is 5.91 Å². The molecule has 2 N–H and O–H groups in total. The molecule has 2 aromatic heterocycles. The number of nitriles is 1. The molecule has 0 spiro atoms. The summed E-state index contributed by atoms with van der Waals surface area (Å²) in [5.74, 6) is 0.129. The number of aliphatic hydroxyl groups excluding tert-OH is 1. The fourth-order valence-corrected chi connectivity index (χ4v) is 2.57. The van der Waals surface area contributed by atoms with Gasteiger partial charge in [0.25, 0.3) is 5.91 Å². The highest BCUT2D eigenvalue weighted by Gasteiger charge is 2.22. The Bertz CT molecular complexity index is 863. The topological polar surface area (TPSA) is 93.3 Å². The van der Waals surface area contributed by atoms with Crippen LogP contribution >= 0.6 is 0 Å². The quantitative estimate of drug-likeness (QED) is 0.724. The van der Waals surface area contributed by atoms with Gasteiger partial charge in [-0.1, -0.05) is 30.3 Å². The summed E-state index contributed by atoms with van der Waals surface area (Å²) in [5.41, 5.74) is 1.63. The summed E-state index contributed by atoms with van der Waals surface area (Å²) in [5, 5.41) is 19.3. The largest absolute Gasteiger partial charge is 0.467 e. The Morgan fingerprint density at radius 1 is 1.28 bits per heavy atom. The van der Waals surface area contributed by atoms with Crippen molar-refractivity contribution < 1.29 is 14.3 Å². The lowest BCUT2D eigenvalue weighted by atomic mass is 10.1. The van der Waals surface area contributed by atoms with Gasteiger partial charge in [-0.15, -0.1) is 0 Å². The fourth-order valence-electron chi connectivity index (χ4n) is 2.57. The van der Waals surface area contributed by atoms with Crippen LogP contribution in [-0.2, 0) is 6.54 Å². The van der Waals surface area contributed by atoms with E-state index in [0.717, 1.165) is 5.56 Å². The van der Waals surface area contributed by atoms with E-state index in [1.54, 1.807) is 12.1 Å². The first kappa shape index (κ1) is 16.6. The molecule has 126 valence electrons. The van der Waals surface area contributed by atoms with Crippen LogP contribution < -0.4 is 0 Å². The minimum atomic E-state index is -0.933. The van der Waals surface area contributed by atoms with Crippen LogP contribution in [0.15, 0.2) is 65.4 Å². The molecule has 1 unspecified atom stereocenters. The Labute approximate surface area is 144 Å². The van der Waals surface area contributed by atoms with Crippen LogP contribution in [0.25, 0.3) is 0 Å². The van der Waals surface area contributed by atoms with E-state index in [1.807, 2.05) is 36.4 Å². The molecule has 25 heavy (non-hydrogen) atoms. The first-order valence-corrected chi connectivity index (χ1v) is 7.80. The van der Waals surface area contributed by atoms with Gasteiger partial charge in [-0.25, -0.2) is 0 Å². The maximum absolute atomic E-state index is 12.8. The predicted octanol–water partition coefficient (Wildman–Crippen LogP) is 2.86. The summed E-state index contributed by atoms with van der Waals surface area (Å²) in [6.45, 7) is 0.415. The van der Waals surface area contributed by atoms with E-state index in [0.29, 0.717) is 23.6 Å². The van der Waals surface area contributed by atoms with Crippen molar-refractivity contribution in [1.29, 1.82) is 5.26 Å². The van der Waals surface area contributed by atoms with Gasteiger partial charge in [0.1, 0.15) is 23.6 Å². The van der Waals surface area contributed by atoms with E-state index >= 15 is 0 Å². The molecular weight excluding hydrogens is 318 g/mol. The number of carbonyl (C=O) groups excluding carboxylic acids is 1. The zero-order chi connectivity index (χ0) is 17.6. The number of nitrogens with zero attached hydrogens (tertiary/aromatic N) is 2.